The van der Waals surface area contributed by atoms with Crippen molar-refractivity contribution in [2.24, 2.45) is 0 Å². The highest BCUT2D eigenvalue weighted by Crippen LogP contribution is 2.55. The van der Waals surface area contributed by atoms with Crippen molar-refractivity contribution >= 4 is 153 Å². The number of nitrogens with one attached hydrogen (secondary N) is 3. The van der Waals surface area contributed by atoms with E-state index in [4.69, 9.17) is 22.7 Å². The van der Waals surface area contributed by atoms with Crippen LogP contribution in [-0.2, 0) is 5.41 Å². The predicted molar refractivity (Wildman–Crippen MR) is 478 cm³/mol. The van der Waals surface area contributed by atoms with E-state index in [-0.39, 0.29) is 5.41 Å². The Labute approximate surface area is 665 Å². The average molecular weight is 1500 g/mol. The molecular weight excluding hydrogens is 1430 g/mol. The molecular formula is C105H70N4O5S. The Balaban J connectivity index is 0.000000106. The third-order valence-corrected chi connectivity index (χ3v) is 23.9. The van der Waals surface area contributed by atoms with Gasteiger partial charge in [-0.3, -0.25) is 0 Å². The highest BCUT2D eigenvalue weighted by atomic mass is 32.1. The first-order valence-electron chi connectivity index (χ1n) is 38.8. The third kappa shape index (κ3) is 11.7. The molecule has 5 aromatic heterocycles. The van der Waals surface area contributed by atoms with Gasteiger partial charge >= 0.3 is 0 Å². The van der Waals surface area contributed by atoms with Crippen molar-refractivity contribution in [3.63, 3.8) is 0 Å². The number of ether oxygens (including phenoxy) is 2. The normalized spacial score (nSPS) is 12.5. The summed E-state index contributed by atoms with van der Waals surface area (Å²) in [6.45, 7) is 4.66. The Morgan fingerprint density at radius 1 is 0.313 bits per heavy atom. The summed E-state index contributed by atoms with van der Waals surface area (Å²) < 4.78 is 36.7. The van der Waals surface area contributed by atoms with Gasteiger partial charge < -0.3 is 43.2 Å². The van der Waals surface area contributed by atoms with Crippen molar-refractivity contribution in [2.75, 3.05) is 16.0 Å². The predicted octanol–water partition coefficient (Wildman–Crippen LogP) is 30.7. The van der Waals surface area contributed by atoms with Gasteiger partial charge in [0.2, 0.25) is 0 Å². The van der Waals surface area contributed by atoms with Gasteiger partial charge in [0.1, 0.15) is 33.5 Å². The van der Waals surface area contributed by atoms with E-state index < -0.39 is 0 Å². The maximum absolute atomic E-state index is 6.49. The summed E-state index contributed by atoms with van der Waals surface area (Å²) in [5.74, 6) is 2.73. The van der Waals surface area contributed by atoms with E-state index in [1.165, 1.54) is 70.0 Å². The molecule has 3 N–H and O–H groups in total. The van der Waals surface area contributed by atoms with Crippen LogP contribution in [0, 0.1) is 0 Å². The summed E-state index contributed by atoms with van der Waals surface area (Å²) in [7, 11) is 0. The summed E-state index contributed by atoms with van der Waals surface area (Å²) in [6.07, 6.45) is 2.12. The van der Waals surface area contributed by atoms with Crippen LogP contribution in [0.3, 0.4) is 0 Å². The monoisotopic (exact) mass is 1500 g/mol. The first-order valence-corrected chi connectivity index (χ1v) is 39.6. The van der Waals surface area contributed by atoms with Crippen molar-refractivity contribution in [1.29, 1.82) is 0 Å². The van der Waals surface area contributed by atoms with Gasteiger partial charge in [0.15, 0.2) is 23.0 Å². The number of aromatic nitrogens is 1. The van der Waals surface area contributed by atoms with Crippen LogP contribution in [-0.4, -0.2) is 4.57 Å². The summed E-state index contributed by atoms with van der Waals surface area (Å²) in [5, 5.41) is 23.9. The molecule has 0 radical (unpaired) electrons. The SMILES string of the molecule is CC1(C)c2ccccc2-c2c(Nc3cc(-c4ccccc4)c4sc5ccccc5c4c3)cccc21.c1ccc(-n2ccc3ccc(Nc4cc(-c5cccc6c5Oc5ccccc5O6)c5oc6ccccc6c5c4)cc32)cc1.c1ccc(Nc2cc(-c3cccc4cc5c(cc34)oc3ccccc35)cc3oc4ccccc4c23)cc1. The van der Waals surface area contributed by atoms with Crippen LogP contribution < -0.4 is 25.4 Å². The Hall–Kier alpha value is -14.8. The van der Waals surface area contributed by atoms with Gasteiger partial charge in [-0.2, -0.15) is 0 Å². The van der Waals surface area contributed by atoms with Crippen molar-refractivity contribution in [1.82, 2.24) is 4.57 Å². The van der Waals surface area contributed by atoms with Gasteiger partial charge in [0.25, 0.3) is 0 Å². The topological polar surface area (TPSA) is 98.9 Å². The molecule has 6 heterocycles. The van der Waals surface area contributed by atoms with Crippen LogP contribution in [0.15, 0.2) is 383 Å². The Kier molecular flexibility index (Phi) is 15.9. The molecule has 24 rings (SSSR count). The quantitative estimate of drug-likeness (QED) is 0.125. The van der Waals surface area contributed by atoms with E-state index in [2.05, 4.69) is 301 Å². The van der Waals surface area contributed by atoms with E-state index in [9.17, 15) is 0 Å². The lowest BCUT2D eigenvalue weighted by Crippen LogP contribution is -2.14. The van der Waals surface area contributed by atoms with Gasteiger partial charge in [0.05, 0.1) is 16.6 Å². The zero-order valence-electron chi connectivity index (χ0n) is 62.6. The fourth-order valence-electron chi connectivity index (χ4n) is 17.3. The first-order chi connectivity index (χ1) is 56.7. The molecule has 1 aliphatic heterocycles. The summed E-state index contributed by atoms with van der Waals surface area (Å²) in [4.78, 5) is 0. The zero-order chi connectivity index (χ0) is 76.2. The standard InChI is InChI=1S/C38H24N2O3.C34H21NO2.C33H25NS/c1-2-9-27(10-3-1)40-20-19-24-17-18-25(23-32(24)40)39-26-21-30-28-11-4-5-13-33(28)42-37(30)31(22-26)29-12-8-16-36-38(29)43-35-15-7-6-14-34(35)41-36;1-2-10-23(11-3-1)35-29-18-22(19-33-34(29)26-13-5-7-16-31(26)37-33)24-14-8-9-21-17-28-25-12-4-6-15-30(25)36-32(28)20-27(21)24;1-33(2)27-15-8-6-14-24(27)31-28(33)16-10-17-29(31)34-22-19-25(21-11-4-3-5-12-21)32-26(20-22)23-13-7-9-18-30(23)35-32/h1-23,39H;1-20,35H;3-20,34H,1-2H3. The fraction of sp³-hybridized carbons (Fsp3) is 0.0286. The molecule has 22 aromatic rings. The van der Waals surface area contributed by atoms with Gasteiger partial charge in [-0.15, -0.1) is 11.3 Å². The van der Waals surface area contributed by atoms with Crippen molar-refractivity contribution < 1.29 is 22.7 Å². The first kappa shape index (κ1) is 67.1. The second-order valence-electron chi connectivity index (χ2n) is 30.1. The Morgan fingerprint density at radius 2 is 0.922 bits per heavy atom. The van der Waals surface area contributed by atoms with E-state index in [0.717, 1.165) is 133 Å². The lowest BCUT2D eigenvalue weighted by molar-refractivity contribution is 0.361. The molecule has 0 saturated heterocycles. The Morgan fingerprint density at radius 3 is 1.75 bits per heavy atom. The molecule has 0 unspecified atom stereocenters. The number of thiophene rings is 1. The molecule has 546 valence electrons. The van der Waals surface area contributed by atoms with Gasteiger partial charge in [-0.25, -0.2) is 0 Å². The largest absolute Gasteiger partial charge is 0.456 e. The highest BCUT2D eigenvalue weighted by molar-refractivity contribution is 7.26. The Bertz CT molecular complexity index is 7620. The third-order valence-electron chi connectivity index (χ3n) is 22.7. The molecule has 115 heavy (non-hydrogen) atoms. The average Bonchev–Trinajstić information content (AvgIpc) is 1.59. The maximum atomic E-state index is 6.49. The molecule has 17 aromatic carbocycles. The molecule has 0 bridgehead atoms. The minimum absolute atomic E-state index is 0.00761. The van der Waals surface area contributed by atoms with Crippen LogP contribution in [0.2, 0.25) is 0 Å². The highest BCUT2D eigenvalue weighted by Gasteiger charge is 2.37. The molecule has 0 spiro atoms. The number of para-hydroxylation sites is 8. The van der Waals surface area contributed by atoms with E-state index in [1.807, 2.05) is 114 Å². The van der Waals surface area contributed by atoms with E-state index >= 15 is 0 Å². The summed E-state index contributed by atoms with van der Waals surface area (Å²) in [5.41, 5.74) is 25.7. The lowest BCUT2D eigenvalue weighted by atomic mass is 9.82. The number of fused-ring (bicyclic) bond motifs is 19. The molecule has 10 heteroatoms. The van der Waals surface area contributed by atoms with Gasteiger partial charge in [-0.1, -0.05) is 238 Å². The molecule has 0 amide bonds. The van der Waals surface area contributed by atoms with Crippen LogP contribution in [0.4, 0.5) is 34.1 Å². The summed E-state index contributed by atoms with van der Waals surface area (Å²) >= 11 is 1.88. The number of furan rings is 3. The molecule has 2 aliphatic rings. The second-order valence-corrected chi connectivity index (χ2v) is 31.1. The second kappa shape index (κ2) is 27.3. The van der Waals surface area contributed by atoms with Crippen LogP contribution >= 0.6 is 11.3 Å². The lowest BCUT2D eigenvalue weighted by Gasteiger charge is -2.23. The van der Waals surface area contributed by atoms with Gasteiger partial charge in [-0.05, 0) is 184 Å². The molecule has 9 nitrogen and oxygen atoms in total. The minimum Gasteiger partial charge on any atom is -0.456 e. The minimum atomic E-state index is -0.00761. The smallest absolute Gasteiger partial charge is 0.178 e. The van der Waals surface area contributed by atoms with E-state index in [0.29, 0.717) is 23.0 Å². The number of benzene rings is 17. The van der Waals surface area contributed by atoms with Gasteiger partial charge in [0, 0.05) is 120 Å². The number of anilines is 6. The number of hydrogen-bond donors (Lipinski definition) is 3. The van der Waals surface area contributed by atoms with Crippen LogP contribution in [0.5, 0.6) is 23.0 Å². The number of nitrogens with zero attached hydrogens (tertiary/aromatic N) is 1. The molecule has 0 atom stereocenters. The van der Waals surface area contributed by atoms with Crippen molar-refractivity contribution in [3.8, 4) is 73.2 Å². The molecule has 1 aliphatic carbocycles. The van der Waals surface area contributed by atoms with E-state index in [1.54, 1.807) is 0 Å². The number of rotatable bonds is 10. The maximum Gasteiger partial charge on any atom is 0.178 e. The molecule has 0 fully saturated rings. The van der Waals surface area contributed by atoms with Crippen LogP contribution in [0.25, 0.3) is 158 Å². The number of hydrogen-bond acceptors (Lipinski definition) is 9. The fourth-order valence-corrected chi connectivity index (χ4v) is 18.5. The molecule has 0 saturated carbocycles. The van der Waals surface area contributed by atoms with Crippen LogP contribution in [0.1, 0.15) is 25.0 Å². The zero-order valence-corrected chi connectivity index (χ0v) is 63.4. The summed E-state index contributed by atoms with van der Waals surface area (Å²) in [6, 6.07) is 127. The van der Waals surface area contributed by atoms with Crippen molar-refractivity contribution in [2.45, 2.75) is 19.3 Å². The van der Waals surface area contributed by atoms with Crippen molar-refractivity contribution in [3.05, 3.63) is 381 Å².